The molecule has 0 aliphatic carbocycles. The summed E-state index contributed by atoms with van der Waals surface area (Å²) in [5.74, 6) is 0.843. The molecule has 0 spiro atoms. The summed E-state index contributed by atoms with van der Waals surface area (Å²) in [4.78, 5) is 8.69. The Morgan fingerprint density at radius 3 is 2.70 bits per heavy atom. The van der Waals surface area contributed by atoms with Crippen molar-refractivity contribution in [1.82, 2.24) is 30.0 Å². The highest BCUT2D eigenvalue weighted by Gasteiger charge is 2.02. The normalized spacial score (nSPS) is 11.7. The summed E-state index contributed by atoms with van der Waals surface area (Å²) < 4.78 is 4.05. The third-order valence-corrected chi connectivity index (χ3v) is 4.93. The van der Waals surface area contributed by atoms with Crippen LogP contribution in [0.4, 0.5) is 0 Å². The first kappa shape index (κ1) is 19.7. The summed E-state index contributed by atoms with van der Waals surface area (Å²) >= 11 is 0. The van der Waals surface area contributed by atoms with Gasteiger partial charge in [-0.15, -0.1) is 0 Å². The second-order valence-electron chi connectivity index (χ2n) is 7.05. The Labute approximate surface area is 176 Å². The molecular weight excluding hydrogens is 374 g/mol. The first-order valence-electron chi connectivity index (χ1n) is 10.3. The van der Waals surface area contributed by atoms with Gasteiger partial charge in [-0.1, -0.05) is 30.3 Å². The van der Waals surface area contributed by atoms with Gasteiger partial charge in [0.25, 0.3) is 0 Å². The first-order chi connectivity index (χ1) is 14.8. The minimum atomic E-state index is 0.620. The fourth-order valence-electron chi connectivity index (χ4n) is 3.40. The van der Waals surface area contributed by atoms with Gasteiger partial charge in [0, 0.05) is 31.3 Å². The van der Waals surface area contributed by atoms with E-state index in [1.165, 1.54) is 17.2 Å². The van der Waals surface area contributed by atoms with Crippen LogP contribution in [0.15, 0.2) is 78.4 Å². The van der Waals surface area contributed by atoms with Crippen LogP contribution >= 0.6 is 0 Å². The summed E-state index contributed by atoms with van der Waals surface area (Å²) in [6, 6.07) is 18.9. The monoisotopic (exact) mass is 401 g/mol. The quantitative estimate of drug-likeness (QED) is 0.270. The van der Waals surface area contributed by atoms with Gasteiger partial charge in [0.1, 0.15) is 12.7 Å². The van der Waals surface area contributed by atoms with Gasteiger partial charge in [0.15, 0.2) is 5.96 Å². The predicted octanol–water partition coefficient (Wildman–Crippen LogP) is 3.37. The second-order valence-corrected chi connectivity index (χ2v) is 7.05. The maximum Gasteiger partial charge on any atom is 0.191 e. The number of hydrogen-bond acceptors (Lipinski definition) is 3. The van der Waals surface area contributed by atoms with Crippen molar-refractivity contribution >= 4 is 16.9 Å². The molecule has 2 N–H and O–H groups in total. The van der Waals surface area contributed by atoms with E-state index in [2.05, 4.69) is 80.9 Å². The number of benzene rings is 2. The van der Waals surface area contributed by atoms with E-state index < -0.39 is 0 Å². The van der Waals surface area contributed by atoms with Gasteiger partial charge in [-0.05, 0) is 48.6 Å². The summed E-state index contributed by atoms with van der Waals surface area (Å²) in [5, 5.41) is 12.2. The second kappa shape index (κ2) is 9.73. The summed E-state index contributed by atoms with van der Waals surface area (Å²) in [5.41, 5.74) is 3.42. The molecule has 2 heterocycles. The molecule has 0 aliphatic rings. The van der Waals surface area contributed by atoms with E-state index in [-0.39, 0.29) is 0 Å². The van der Waals surface area contributed by atoms with Gasteiger partial charge < -0.3 is 15.2 Å². The Morgan fingerprint density at radius 1 is 1.03 bits per heavy atom. The molecule has 0 amide bonds. The van der Waals surface area contributed by atoms with E-state index in [0.717, 1.165) is 43.3 Å². The Bertz CT molecular complexity index is 1080. The minimum Gasteiger partial charge on any atom is -0.357 e. The van der Waals surface area contributed by atoms with Crippen molar-refractivity contribution in [2.24, 2.45) is 4.99 Å². The lowest BCUT2D eigenvalue weighted by Crippen LogP contribution is -2.38. The predicted molar refractivity (Wildman–Crippen MR) is 121 cm³/mol. The maximum absolute atomic E-state index is 4.71. The van der Waals surface area contributed by atoms with Crippen LogP contribution in [0.1, 0.15) is 18.9 Å². The SMILES string of the molecule is CCNC(=NCc1ccc(-n2cncn2)cc1)NCCCn1ccc2ccccc21. The fourth-order valence-corrected chi connectivity index (χ4v) is 3.40. The van der Waals surface area contributed by atoms with E-state index in [9.17, 15) is 0 Å². The Kier molecular flexibility index (Phi) is 6.39. The average Bonchev–Trinajstić information content (AvgIpc) is 3.46. The summed E-state index contributed by atoms with van der Waals surface area (Å²) in [6.45, 7) is 5.37. The molecule has 4 rings (SSSR count). The number of nitrogens with zero attached hydrogens (tertiary/aromatic N) is 5. The fraction of sp³-hybridized carbons (Fsp3) is 0.261. The molecule has 0 fully saturated rings. The van der Waals surface area contributed by atoms with Crippen molar-refractivity contribution in [3.63, 3.8) is 0 Å². The molecule has 2 aromatic carbocycles. The molecule has 4 aromatic rings. The van der Waals surface area contributed by atoms with Gasteiger partial charge in [-0.25, -0.2) is 14.7 Å². The number of nitrogens with one attached hydrogen (secondary N) is 2. The van der Waals surface area contributed by atoms with Crippen LogP contribution in [0.3, 0.4) is 0 Å². The maximum atomic E-state index is 4.71. The molecular formula is C23H27N7. The van der Waals surface area contributed by atoms with Crippen LogP contribution in [0.5, 0.6) is 0 Å². The lowest BCUT2D eigenvalue weighted by atomic mass is 10.2. The summed E-state index contributed by atoms with van der Waals surface area (Å²) in [7, 11) is 0. The van der Waals surface area contributed by atoms with Gasteiger partial charge in [-0.3, -0.25) is 0 Å². The van der Waals surface area contributed by atoms with Gasteiger partial charge in [0.05, 0.1) is 12.2 Å². The van der Waals surface area contributed by atoms with Crippen LogP contribution in [0.25, 0.3) is 16.6 Å². The highest BCUT2D eigenvalue weighted by molar-refractivity contribution is 5.80. The van der Waals surface area contributed by atoms with E-state index in [1.807, 2.05) is 12.1 Å². The Morgan fingerprint density at radius 2 is 1.90 bits per heavy atom. The van der Waals surface area contributed by atoms with Crippen LogP contribution in [0.2, 0.25) is 0 Å². The van der Waals surface area contributed by atoms with Crippen molar-refractivity contribution in [2.75, 3.05) is 13.1 Å². The number of hydrogen-bond donors (Lipinski definition) is 2. The molecule has 0 unspecified atom stereocenters. The van der Waals surface area contributed by atoms with Gasteiger partial charge in [-0.2, -0.15) is 5.10 Å². The third-order valence-electron chi connectivity index (χ3n) is 4.93. The van der Waals surface area contributed by atoms with Crippen molar-refractivity contribution in [1.29, 1.82) is 0 Å². The number of aromatic nitrogens is 4. The zero-order chi connectivity index (χ0) is 20.6. The van der Waals surface area contributed by atoms with Crippen molar-refractivity contribution in [2.45, 2.75) is 26.4 Å². The van der Waals surface area contributed by atoms with E-state index in [1.54, 1.807) is 11.0 Å². The molecule has 0 bridgehead atoms. The molecule has 0 radical (unpaired) electrons. The molecule has 30 heavy (non-hydrogen) atoms. The highest BCUT2D eigenvalue weighted by Crippen LogP contribution is 2.15. The summed E-state index contributed by atoms with van der Waals surface area (Å²) in [6.07, 6.45) is 6.41. The smallest absolute Gasteiger partial charge is 0.191 e. The van der Waals surface area contributed by atoms with E-state index in [4.69, 9.17) is 4.99 Å². The number of aliphatic imine (C=N–C) groups is 1. The molecule has 154 valence electrons. The molecule has 0 saturated heterocycles. The molecule has 0 saturated carbocycles. The largest absolute Gasteiger partial charge is 0.357 e. The average molecular weight is 402 g/mol. The standard InChI is InChI=1S/C23H27N7/c1-2-25-23(26-13-5-14-29-15-12-20-6-3-4-7-22(20)29)27-16-19-8-10-21(11-9-19)30-18-24-17-28-30/h3-4,6-12,15,17-18H,2,5,13-14,16H2,1H3,(H2,25,26,27). The minimum absolute atomic E-state index is 0.620. The molecule has 2 aromatic heterocycles. The topological polar surface area (TPSA) is 72.1 Å². The van der Waals surface area contributed by atoms with Crippen LogP contribution < -0.4 is 10.6 Å². The van der Waals surface area contributed by atoms with Crippen LogP contribution in [-0.4, -0.2) is 38.4 Å². The highest BCUT2D eigenvalue weighted by atomic mass is 15.3. The Balaban J connectivity index is 1.29. The lowest BCUT2D eigenvalue weighted by Gasteiger charge is -2.12. The lowest BCUT2D eigenvalue weighted by molar-refractivity contribution is 0.641. The van der Waals surface area contributed by atoms with Gasteiger partial charge >= 0.3 is 0 Å². The molecule has 7 heteroatoms. The first-order valence-corrected chi connectivity index (χ1v) is 10.3. The third kappa shape index (κ3) is 4.86. The number of fused-ring (bicyclic) bond motifs is 1. The zero-order valence-corrected chi connectivity index (χ0v) is 17.2. The van der Waals surface area contributed by atoms with Crippen molar-refractivity contribution in [3.8, 4) is 5.69 Å². The number of guanidine groups is 1. The zero-order valence-electron chi connectivity index (χ0n) is 17.2. The van der Waals surface area contributed by atoms with Gasteiger partial charge in [0.2, 0.25) is 0 Å². The van der Waals surface area contributed by atoms with Crippen molar-refractivity contribution in [3.05, 3.63) is 79.0 Å². The molecule has 7 nitrogen and oxygen atoms in total. The van der Waals surface area contributed by atoms with Crippen LogP contribution in [0, 0.1) is 0 Å². The van der Waals surface area contributed by atoms with E-state index >= 15 is 0 Å². The number of para-hydroxylation sites is 1. The Hall–Kier alpha value is -3.61. The van der Waals surface area contributed by atoms with Crippen LogP contribution in [-0.2, 0) is 13.1 Å². The number of rotatable bonds is 8. The molecule has 0 aliphatic heterocycles. The molecule has 0 atom stereocenters. The van der Waals surface area contributed by atoms with Crippen molar-refractivity contribution < 1.29 is 0 Å². The number of aryl methyl sites for hydroxylation is 1. The van der Waals surface area contributed by atoms with E-state index in [0.29, 0.717) is 6.54 Å².